The van der Waals surface area contributed by atoms with Crippen molar-refractivity contribution in [2.75, 3.05) is 30.4 Å². The summed E-state index contributed by atoms with van der Waals surface area (Å²) in [5.41, 5.74) is 5.88. The maximum atomic E-state index is 13.6. The number of nitrogens with two attached hydrogens (primary N) is 1. The predicted octanol–water partition coefficient (Wildman–Crippen LogP) is 2.07. The first-order valence-electron chi connectivity index (χ1n) is 8.67. The van der Waals surface area contributed by atoms with Crippen LogP contribution in [0.5, 0.6) is 0 Å². The molecule has 1 atom stereocenters. The molecule has 0 saturated carbocycles. The Morgan fingerprint density at radius 1 is 1.29 bits per heavy atom. The van der Waals surface area contributed by atoms with E-state index in [4.69, 9.17) is 10.5 Å². The average Bonchev–Trinajstić information content (AvgIpc) is 3.23. The first kappa shape index (κ1) is 18.2. The largest absolute Gasteiger partial charge is 0.384 e. The molecule has 1 fully saturated rings. The van der Waals surface area contributed by atoms with Gasteiger partial charge in [0.05, 0.1) is 19.3 Å². The van der Waals surface area contributed by atoms with E-state index in [0.717, 1.165) is 6.07 Å². The second-order valence-electron chi connectivity index (χ2n) is 6.36. The Morgan fingerprint density at radius 3 is 2.82 bits per heavy atom. The van der Waals surface area contributed by atoms with Gasteiger partial charge in [-0.05, 0) is 19.1 Å². The molecule has 146 valence electrons. The highest BCUT2D eigenvalue weighted by molar-refractivity contribution is 5.65. The van der Waals surface area contributed by atoms with Crippen LogP contribution in [0.15, 0.2) is 24.5 Å². The number of aromatic nitrogens is 6. The van der Waals surface area contributed by atoms with E-state index in [-0.39, 0.29) is 34.6 Å². The highest BCUT2D eigenvalue weighted by Crippen LogP contribution is 2.31. The predicted molar refractivity (Wildman–Crippen MR) is 97.6 cm³/mol. The molecule has 0 bridgehead atoms. The summed E-state index contributed by atoms with van der Waals surface area (Å²) in [6.45, 7) is 3.60. The SMILES string of the molecule is C[C@@H]1COCCN1c1nc(-c2cc[nH]n2)nc(-c2cnc(N)cc2C(F)F)n1. The lowest BCUT2D eigenvalue weighted by molar-refractivity contribution is 0.0981. The second-order valence-corrected chi connectivity index (χ2v) is 6.36. The third kappa shape index (κ3) is 3.48. The number of alkyl halides is 2. The molecule has 0 amide bonds. The molecule has 0 spiro atoms. The van der Waals surface area contributed by atoms with E-state index in [2.05, 4.69) is 30.1 Å². The van der Waals surface area contributed by atoms with Gasteiger partial charge in [-0.25, -0.2) is 18.7 Å². The summed E-state index contributed by atoms with van der Waals surface area (Å²) in [6.07, 6.45) is 0.134. The van der Waals surface area contributed by atoms with Crippen LogP contribution in [-0.2, 0) is 4.74 Å². The molecule has 0 radical (unpaired) electrons. The fourth-order valence-electron chi connectivity index (χ4n) is 2.99. The Kier molecular flexibility index (Phi) is 4.82. The van der Waals surface area contributed by atoms with Crippen molar-refractivity contribution in [1.29, 1.82) is 0 Å². The monoisotopic (exact) mass is 388 g/mol. The van der Waals surface area contributed by atoms with Crippen molar-refractivity contribution in [3.05, 3.63) is 30.1 Å². The normalized spacial score (nSPS) is 17.3. The summed E-state index contributed by atoms with van der Waals surface area (Å²) in [7, 11) is 0. The molecule has 0 unspecified atom stereocenters. The van der Waals surface area contributed by atoms with Crippen LogP contribution >= 0.6 is 0 Å². The molecule has 1 aliphatic rings. The zero-order valence-electron chi connectivity index (χ0n) is 15.0. The van der Waals surface area contributed by atoms with Crippen LogP contribution in [0.2, 0.25) is 0 Å². The van der Waals surface area contributed by atoms with Crippen LogP contribution in [0.4, 0.5) is 20.5 Å². The van der Waals surface area contributed by atoms with E-state index in [1.165, 1.54) is 6.20 Å². The number of rotatable bonds is 4. The van der Waals surface area contributed by atoms with Crippen molar-refractivity contribution in [1.82, 2.24) is 30.1 Å². The van der Waals surface area contributed by atoms with Crippen molar-refractivity contribution in [2.45, 2.75) is 19.4 Å². The summed E-state index contributed by atoms with van der Waals surface area (Å²) in [4.78, 5) is 19.2. The van der Waals surface area contributed by atoms with Gasteiger partial charge in [-0.15, -0.1) is 0 Å². The fourth-order valence-corrected chi connectivity index (χ4v) is 2.99. The van der Waals surface area contributed by atoms with E-state index < -0.39 is 6.43 Å². The van der Waals surface area contributed by atoms with E-state index in [1.807, 2.05) is 11.8 Å². The van der Waals surface area contributed by atoms with Crippen molar-refractivity contribution in [3.63, 3.8) is 0 Å². The second kappa shape index (κ2) is 7.43. The van der Waals surface area contributed by atoms with Gasteiger partial charge >= 0.3 is 0 Å². The maximum Gasteiger partial charge on any atom is 0.264 e. The topological polar surface area (TPSA) is 119 Å². The minimum Gasteiger partial charge on any atom is -0.384 e. The molecule has 0 aromatic carbocycles. The number of aromatic amines is 1. The Labute approximate surface area is 159 Å². The average molecular weight is 388 g/mol. The van der Waals surface area contributed by atoms with Gasteiger partial charge in [-0.3, -0.25) is 5.10 Å². The van der Waals surface area contributed by atoms with Crippen molar-refractivity contribution in [3.8, 4) is 22.9 Å². The number of morpholine rings is 1. The number of nitrogens with zero attached hydrogens (tertiary/aromatic N) is 6. The zero-order valence-corrected chi connectivity index (χ0v) is 15.0. The number of hydrogen-bond acceptors (Lipinski definition) is 8. The number of ether oxygens (including phenoxy) is 1. The van der Waals surface area contributed by atoms with Crippen LogP contribution < -0.4 is 10.6 Å². The van der Waals surface area contributed by atoms with Gasteiger partial charge in [0.15, 0.2) is 11.6 Å². The number of anilines is 2. The summed E-state index contributed by atoms with van der Waals surface area (Å²) in [5, 5.41) is 6.79. The molecule has 3 aromatic heterocycles. The number of H-pyrrole nitrogens is 1. The first-order valence-corrected chi connectivity index (χ1v) is 8.67. The van der Waals surface area contributed by atoms with Gasteiger partial charge in [0.1, 0.15) is 11.5 Å². The number of hydrogen-bond donors (Lipinski definition) is 2. The van der Waals surface area contributed by atoms with Gasteiger partial charge in [0.2, 0.25) is 5.95 Å². The van der Waals surface area contributed by atoms with Crippen LogP contribution in [0.25, 0.3) is 22.9 Å². The molecular formula is C17H18F2N8O. The molecule has 9 nitrogen and oxygen atoms in total. The number of nitrogens with one attached hydrogen (secondary N) is 1. The quantitative estimate of drug-likeness (QED) is 0.697. The van der Waals surface area contributed by atoms with Gasteiger partial charge in [0.25, 0.3) is 6.43 Å². The molecule has 1 saturated heterocycles. The molecule has 4 heterocycles. The van der Waals surface area contributed by atoms with Crippen molar-refractivity contribution in [2.24, 2.45) is 0 Å². The van der Waals surface area contributed by atoms with E-state index in [9.17, 15) is 8.78 Å². The van der Waals surface area contributed by atoms with E-state index >= 15 is 0 Å². The van der Waals surface area contributed by atoms with Crippen molar-refractivity contribution < 1.29 is 13.5 Å². The lowest BCUT2D eigenvalue weighted by Crippen LogP contribution is -2.44. The smallest absolute Gasteiger partial charge is 0.264 e. The lowest BCUT2D eigenvalue weighted by atomic mass is 10.1. The molecule has 3 N–H and O–H groups in total. The van der Waals surface area contributed by atoms with Crippen molar-refractivity contribution >= 4 is 11.8 Å². The molecule has 4 rings (SSSR count). The third-order valence-corrected chi connectivity index (χ3v) is 4.41. The van der Waals surface area contributed by atoms with Gasteiger partial charge < -0.3 is 15.4 Å². The summed E-state index contributed by atoms with van der Waals surface area (Å²) < 4.78 is 32.6. The summed E-state index contributed by atoms with van der Waals surface area (Å²) in [6, 6.07) is 2.85. The van der Waals surface area contributed by atoms with Gasteiger partial charge in [0, 0.05) is 30.1 Å². The maximum absolute atomic E-state index is 13.6. The Balaban J connectivity index is 1.88. The molecule has 3 aromatic rings. The van der Waals surface area contributed by atoms with Gasteiger partial charge in [-0.2, -0.15) is 15.1 Å². The number of halogens is 2. The minimum absolute atomic E-state index is 0.00246. The number of nitrogen functional groups attached to an aromatic ring is 1. The molecule has 11 heteroatoms. The molecule has 0 aliphatic carbocycles. The molecular weight excluding hydrogens is 370 g/mol. The Morgan fingerprint density at radius 2 is 2.11 bits per heavy atom. The van der Waals surface area contributed by atoms with Crippen LogP contribution in [0.3, 0.4) is 0 Å². The summed E-state index contributed by atoms with van der Waals surface area (Å²) >= 11 is 0. The fraction of sp³-hybridized carbons (Fsp3) is 0.353. The van der Waals surface area contributed by atoms with E-state index in [0.29, 0.717) is 31.4 Å². The standard InChI is InChI=1S/C17H18F2N8O/c1-9-8-28-5-4-27(9)17-24-15(23-16(25-17)12-2-3-22-26-12)11-7-21-13(20)6-10(11)14(18)19/h2-3,6-7,9,14H,4-5,8H2,1H3,(H2,20,21)(H,22,26)/t9-/m1/s1. The summed E-state index contributed by atoms with van der Waals surface area (Å²) in [5.74, 6) is 0.736. The highest BCUT2D eigenvalue weighted by Gasteiger charge is 2.25. The third-order valence-electron chi connectivity index (χ3n) is 4.41. The molecule has 28 heavy (non-hydrogen) atoms. The Hall–Kier alpha value is -3.21. The van der Waals surface area contributed by atoms with Crippen LogP contribution in [-0.4, -0.2) is 55.9 Å². The Bertz CT molecular complexity index is 966. The van der Waals surface area contributed by atoms with Gasteiger partial charge in [-0.1, -0.05) is 0 Å². The van der Waals surface area contributed by atoms with Crippen LogP contribution in [0, 0.1) is 0 Å². The zero-order chi connectivity index (χ0) is 19.7. The number of pyridine rings is 1. The highest BCUT2D eigenvalue weighted by atomic mass is 19.3. The first-order chi connectivity index (χ1) is 13.5. The molecule has 1 aliphatic heterocycles. The lowest BCUT2D eigenvalue weighted by Gasteiger charge is -2.33. The van der Waals surface area contributed by atoms with E-state index in [1.54, 1.807) is 12.3 Å². The van der Waals surface area contributed by atoms with Crippen LogP contribution in [0.1, 0.15) is 18.9 Å². The minimum atomic E-state index is -2.75.